The fourth-order valence-corrected chi connectivity index (χ4v) is 3.23. The number of aliphatic hydroxyl groups is 2. The molecule has 3 nitrogen and oxygen atoms in total. The summed E-state index contributed by atoms with van der Waals surface area (Å²) < 4.78 is 0. The van der Waals surface area contributed by atoms with Gasteiger partial charge in [0.15, 0.2) is 0 Å². The summed E-state index contributed by atoms with van der Waals surface area (Å²) in [6.07, 6.45) is 6.04. The second-order valence-electron chi connectivity index (χ2n) is 6.17. The van der Waals surface area contributed by atoms with Crippen LogP contribution in [0.5, 0.6) is 0 Å². The largest absolute Gasteiger partial charge is 0.393 e. The number of nitrogens with zero attached hydrogens (tertiary/aromatic N) is 1. The van der Waals surface area contributed by atoms with Crippen molar-refractivity contribution in [2.24, 2.45) is 0 Å². The second-order valence-corrected chi connectivity index (χ2v) is 6.17. The number of hydrogen-bond donors (Lipinski definition) is 2. The van der Waals surface area contributed by atoms with Gasteiger partial charge in [-0.05, 0) is 53.0 Å². The minimum absolute atomic E-state index is 0.163. The van der Waals surface area contributed by atoms with Crippen molar-refractivity contribution in [3.63, 3.8) is 0 Å². The van der Waals surface area contributed by atoms with Gasteiger partial charge < -0.3 is 10.2 Å². The minimum Gasteiger partial charge on any atom is -0.393 e. The van der Waals surface area contributed by atoms with Crippen molar-refractivity contribution in [2.75, 3.05) is 6.54 Å². The van der Waals surface area contributed by atoms with E-state index in [1.807, 2.05) is 13.8 Å². The van der Waals surface area contributed by atoms with Crippen LogP contribution in [0, 0.1) is 0 Å². The van der Waals surface area contributed by atoms with Crippen LogP contribution in [0.1, 0.15) is 66.2 Å². The maximum atomic E-state index is 10.2. The van der Waals surface area contributed by atoms with Gasteiger partial charge in [-0.3, -0.25) is 4.90 Å². The van der Waals surface area contributed by atoms with Gasteiger partial charge in [0.2, 0.25) is 0 Å². The highest BCUT2D eigenvalue weighted by Gasteiger charge is 2.39. The quantitative estimate of drug-likeness (QED) is 0.795. The third kappa shape index (κ3) is 3.69. The molecule has 0 spiro atoms. The standard InChI is InChI=1S/C15H31NO2/c1-5-15(4,13(3)18)16-10-8-6-7-9-14(16)11-12(2)17/h12-14,17-18H,5-11H2,1-4H3. The summed E-state index contributed by atoms with van der Waals surface area (Å²) in [4.78, 5) is 2.47. The zero-order valence-electron chi connectivity index (χ0n) is 12.5. The Bertz CT molecular complexity index is 243. The van der Waals surface area contributed by atoms with Gasteiger partial charge in [0.1, 0.15) is 0 Å². The lowest BCUT2D eigenvalue weighted by molar-refractivity contribution is -0.0466. The average molecular weight is 257 g/mol. The van der Waals surface area contributed by atoms with Crippen molar-refractivity contribution in [1.82, 2.24) is 4.90 Å². The molecule has 4 atom stereocenters. The molecule has 3 heteroatoms. The molecule has 1 aliphatic rings. The average Bonchev–Trinajstić information content (AvgIpc) is 2.52. The van der Waals surface area contributed by atoms with Crippen molar-refractivity contribution in [2.45, 2.75) is 90.0 Å². The summed E-state index contributed by atoms with van der Waals surface area (Å²) in [6, 6.07) is 0.409. The lowest BCUT2D eigenvalue weighted by Gasteiger charge is -2.47. The normalized spacial score (nSPS) is 29.3. The summed E-state index contributed by atoms with van der Waals surface area (Å²) in [5.41, 5.74) is -0.163. The van der Waals surface area contributed by atoms with Crippen LogP contribution in [-0.2, 0) is 0 Å². The van der Waals surface area contributed by atoms with Crippen LogP contribution < -0.4 is 0 Å². The first-order valence-electron chi connectivity index (χ1n) is 7.54. The van der Waals surface area contributed by atoms with Gasteiger partial charge in [-0.25, -0.2) is 0 Å². The summed E-state index contributed by atoms with van der Waals surface area (Å²) in [5, 5.41) is 19.9. The van der Waals surface area contributed by atoms with Gasteiger partial charge in [0, 0.05) is 11.6 Å². The van der Waals surface area contributed by atoms with Crippen molar-refractivity contribution in [3.8, 4) is 0 Å². The van der Waals surface area contributed by atoms with Crippen LogP contribution in [-0.4, -0.2) is 45.4 Å². The highest BCUT2D eigenvalue weighted by molar-refractivity contribution is 4.94. The molecular formula is C15H31NO2. The van der Waals surface area contributed by atoms with Crippen LogP contribution in [0.4, 0.5) is 0 Å². The molecule has 0 aromatic heterocycles. The van der Waals surface area contributed by atoms with E-state index in [2.05, 4.69) is 18.7 Å². The molecule has 0 amide bonds. The Morgan fingerprint density at radius 2 is 1.89 bits per heavy atom. The molecule has 1 saturated heterocycles. The molecule has 18 heavy (non-hydrogen) atoms. The Balaban J connectivity index is 2.89. The van der Waals surface area contributed by atoms with E-state index in [0.717, 1.165) is 25.8 Å². The highest BCUT2D eigenvalue weighted by atomic mass is 16.3. The maximum Gasteiger partial charge on any atom is 0.0693 e. The maximum absolute atomic E-state index is 10.2. The third-order valence-electron chi connectivity index (χ3n) is 4.76. The monoisotopic (exact) mass is 257 g/mol. The van der Waals surface area contributed by atoms with Gasteiger partial charge in [-0.1, -0.05) is 19.8 Å². The number of likely N-dealkylation sites (tertiary alicyclic amines) is 1. The van der Waals surface area contributed by atoms with Crippen molar-refractivity contribution in [1.29, 1.82) is 0 Å². The van der Waals surface area contributed by atoms with E-state index in [1.54, 1.807) is 0 Å². The van der Waals surface area contributed by atoms with Crippen LogP contribution in [0.3, 0.4) is 0 Å². The second kappa shape index (κ2) is 6.88. The Hall–Kier alpha value is -0.120. The molecule has 2 N–H and O–H groups in total. The van der Waals surface area contributed by atoms with Gasteiger partial charge in [0.25, 0.3) is 0 Å². The fraction of sp³-hybridized carbons (Fsp3) is 1.00. The van der Waals surface area contributed by atoms with Crippen LogP contribution in [0.2, 0.25) is 0 Å². The Labute approximate surface area is 112 Å². The minimum atomic E-state index is -0.336. The zero-order chi connectivity index (χ0) is 13.8. The molecular weight excluding hydrogens is 226 g/mol. The molecule has 0 radical (unpaired) electrons. The molecule has 1 heterocycles. The van der Waals surface area contributed by atoms with E-state index < -0.39 is 0 Å². The zero-order valence-corrected chi connectivity index (χ0v) is 12.5. The first-order valence-corrected chi connectivity index (χ1v) is 7.54. The highest BCUT2D eigenvalue weighted by Crippen LogP contribution is 2.32. The summed E-state index contributed by atoms with van der Waals surface area (Å²) >= 11 is 0. The molecule has 0 aliphatic carbocycles. The lowest BCUT2D eigenvalue weighted by atomic mass is 9.87. The lowest BCUT2D eigenvalue weighted by Crippen LogP contribution is -2.57. The predicted molar refractivity (Wildman–Crippen MR) is 75.6 cm³/mol. The van der Waals surface area contributed by atoms with Gasteiger partial charge in [-0.2, -0.15) is 0 Å². The topological polar surface area (TPSA) is 43.7 Å². The fourth-order valence-electron chi connectivity index (χ4n) is 3.23. The number of aliphatic hydroxyl groups excluding tert-OH is 2. The van der Waals surface area contributed by atoms with Crippen molar-refractivity contribution >= 4 is 0 Å². The molecule has 1 aliphatic heterocycles. The van der Waals surface area contributed by atoms with Gasteiger partial charge >= 0.3 is 0 Å². The Kier molecular flexibility index (Phi) is 6.09. The van der Waals surface area contributed by atoms with E-state index in [9.17, 15) is 10.2 Å². The molecule has 0 aromatic carbocycles. The molecule has 0 aromatic rings. The van der Waals surface area contributed by atoms with E-state index in [-0.39, 0.29) is 17.7 Å². The summed E-state index contributed by atoms with van der Waals surface area (Å²) in [5.74, 6) is 0. The summed E-state index contributed by atoms with van der Waals surface area (Å²) in [6.45, 7) is 9.13. The predicted octanol–water partition coefficient (Wildman–Crippen LogP) is 2.55. The molecule has 108 valence electrons. The third-order valence-corrected chi connectivity index (χ3v) is 4.76. The van der Waals surface area contributed by atoms with Crippen LogP contribution in [0.25, 0.3) is 0 Å². The Morgan fingerprint density at radius 3 is 2.39 bits per heavy atom. The van der Waals surface area contributed by atoms with Crippen molar-refractivity contribution in [3.05, 3.63) is 0 Å². The van der Waals surface area contributed by atoms with Gasteiger partial charge in [-0.15, -0.1) is 0 Å². The molecule has 0 saturated carbocycles. The van der Waals surface area contributed by atoms with E-state index in [0.29, 0.717) is 6.04 Å². The first-order chi connectivity index (χ1) is 8.41. The van der Waals surface area contributed by atoms with Crippen molar-refractivity contribution < 1.29 is 10.2 Å². The number of hydrogen-bond acceptors (Lipinski definition) is 3. The van der Waals surface area contributed by atoms with Gasteiger partial charge in [0.05, 0.1) is 12.2 Å². The first kappa shape index (κ1) is 15.9. The van der Waals surface area contributed by atoms with E-state index in [4.69, 9.17) is 0 Å². The Morgan fingerprint density at radius 1 is 1.22 bits per heavy atom. The molecule has 0 bridgehead atoms. The number of rotatable bonds is 5. The summed E-state index contributed by atoms with van der Waals surface area (Å²) in [7, 11) is 0. The molecule has 4 unspecified atom stereocenters. The molecule has 1 fully saturated rings. The molecule has 1 rings (SSSR count). The smallest absolute Gasteiger partial charge is 0.0693 e. The van der Waals surface area contributed by atoms with Crippen LogP contribution in [0.15, 0.2) is 0 Å². The van der Waals surface area contributed by atoms with E-state index in [1.165, 1.54) is 19.3 Å². The van der Waals surface area contributed by atoms with Crippen LogP contribution >= 0.6 is 0 Å². The SMILES string of the molecule is CCC(C)(C(C)O)N1CCCCCC1CC(C)O. The van der Waals surface area contributed by atoms with E-state index >= 15 is 0 Å².